The van der Waals surface area contributed by atoms with E-state index in [-0.39, 0.29) is 0 Å². The van der Waals surface area contributed by atoms with Crippen LogP contribution in [0.1, 0.15) is 17.0 Å². The van der Waals surface area contributed by atoms with Gasteiger partial charge in [0, 0.05) is 37.3 Å². The molecule has 1 aromatic carbocycles. The summed E-state index contributed by atoms with van der Waals surface area (Å²) in [6.07, 6.45) is 1.63. The van der Waals surface area contributed by atoms with Crippen LogP contribution in [0.2, 0.25) is 0 Å². The van der Waals surface area contributed by atoms with Gasteiger partial charge in [0.05, 0.1) is 5.69 Å². The van der Waals surface area contributed by atoms with Crippen molar-refractivity contribution in [2.45, 2.75) is 13.8 Å². The monoisotopic (exact) mass is 424 g/mol. The van der Waals surface area contributed by atoms with Crippen molar-refractivity contribution in [3.63, 3.8) is 0 Å². The van der Waals surface area contributed by atoms with E-state index in [9.17, 15) is 8.42 Å². The highest BCUT2D eigenvalue weighted by Crippen LogP contribution is 2.17. The van der Waals surface area contributed by atoms with Gasteiger partial charge in [0.15, 0.2) is 11.6 Å². The number of piperazine rings is 1. The van der Waals surface area contributed by atoms with E-state index >= 15 is 0 Å². The molecular formula is C21H24N6O2S. The van der Waals surface area contributed by atoms with E-state index < -0.39 is 10.0 Å². The first-order chi connectivity index (χ1) is 14.4. The topological polar surface area (TPSA) is 84.2 Å². The van der Waals surface area contributed by atoms with Crippen molar-refractivity contribution in [2.24, 2.45) is 0 Å². The van der Waals surface area contributed by atoms with Crippen LogP contribution in [-0.4, -0.2) is 58.9 Å². The molecule has 0 atom stereocenters. The number of hydrogen-bond acceptors (Lipinski definition) is 6. The highest BCUT2D eigenvalue weighted by Gasteiger charge is 2.25. The number of nitrogens with zero attached hydrogens (tertiary/aromatic N) is 6. The minimum absolute atomic E-state index is 0.405. The van der Waals surface area contributed by atoms with Gasteiger partial charge in [0.25, 0.3) is 0 Å². The minimum Gasteiger partial charge on any atom is -0.352 e. The molecule has 3 aromatic rings. The lowest BCUT2D eigenvalue weighted by atomic mass is 10.2. The fraction of sp³-hybridized carbons (Fsp3) is 0.286. The Morgan fingerprint density at radius 3 is 2.17 bits per heavy atom. The van der Waals surface area contributed by atoms with Gasteiger partial charge in [-0.25, -0.2) is 13.1 Å². The van der Waals surface area contributed by atoms with E-state index in [2.05, 4.69) is 15.3 Å². The van der Waals surface area contributed by atoms with E-state index in [1.54, 1.807) is 10.8 Å². The summed E-state index contributed by atoms with van der Waals surface area (Å²) >= 11 is 0. The lowest BCUT2D eigenvalue weighted by Crippen LogP contribution is -2.48. The van der Waals surface area contributed by atoms with Crippen molar-refractivity contribution in [1.29, 1.82) is 0 Å². The number of aromatic nitrogens is 4. The Balaban J connectivity index is 1.39. The maximum atomic E-state index is 12.6. The number of benzene rings is 1. The molecular weight excluding hydrogens is 400 g/mol. The van der Waals surface area contributed by atoms with Crippen LogP contribution in [0.15, 0.2) is 53.9 Å². The highest BCUT2D eigenvalue weighted by molar-refractivity contribution is 7.92. The second-order valence-electron chi connectivity index (χ2n) is 7.23. The zero-order chi connectivity index (χ0) is 21.1. The average molecular weight is 425 g/mol. The van der Waals surface area contributed by atoms with Gasteiger partial charge in [-0.2, -0.15) is 9.40 Å². The predicted molar refractivity (Wildman–Crippen MR) is 117 cm³/mol. The molecule has 1 aliphatic heterocycles. The molecule has 0 saturated carbocycles. The molecule has 9 heteroatoms. The summed E-state index contributed by atoms with van der Waals surface area (Å²) in [6.45, 7) is 5.85. The molecule has 4 rings (SSSR count). The number of hydrogen-bond donors (Lipinski definition) is 0. The first kappa shape index (κ1) is 20.2. The Morgan fingerprint density at radius 2 is 1.57 bits per heavy atom. The van der Waals surface area contributed by atoms with E-state index in [0.717, 1.165) is 22.8 Å². The summed E-state index contributed by atoms with van der Waals surface area (Å²) in [5.74, 6) is 1.40. The van der Waals surface area contributed by atoms with Crippen LogP contribution in [0.5, 0.6) is 0 Å². The molecule has 0 spiro atoms. The summed E-state index contributed by atoms with van der Waals surface area (Å²) in [5, 5.41) is 14.3. The molecule has 0 N–H and O–H groups in total. The van der Waals surface area contributed by atoms with Crippen LogP contribution >= 0.6 is 0 Å². The first-order valence-electron chi connectivity index (χ1n) is 9.78. The van der Waals surface area contributed by atoms with E-state index in [4.69, 9.17) is 0 Å². The smallest absolute Gasteiger partial charge is 0.236 e. The predicted octanol–water partition coefficient (Wildman–Crippen LogP) is 2.40. The maximum absolute atomic E-state index is 12.6. The molecule has 3 heterocycles. The van der Waals surface area contributed by atoms with Crippen molar-refractivity contribution in [3.8, 4) is 5.82 Å². The number of sulfonamides is 1. The standard InChI is InChI=1S/C21H24N6O2S/c1-17-16-18(2)27(24-17)21-9-8-20(22-23-21)25-11-13-26(14-12-25)30(28,29)15-10-19-6-4-3-5-7-19/h3-10,15-16H,11-14H2,1-2H3/b15-10+. The van der Waals surface area contributed by atoms with Crippen LogP contribution in [0, 0.1) is 13.8 Å². The van der Waals surface area contributed by atoms with Crippen LogP contribution < -0.4 is 4.90 Å². The van der Waals surface area contributed by atoms with Gasteiger partial charge in [0.2, 0.25) is 10.0 Å². The van der Waals surface area contributed by atoms with Gasteiger partial charge < -0.3 is 4.90 Å². The second-order valence-corrected chi connectivity index (χ2v) is 9.05. The molecule has 1 saturated heterocycles. The van der Waals surface area contributed by atoms with Crippen molar-refractivity contribution in [3.05, 3.63) is 70.9 Å². The SMILES string of the molecule is Cc1cc(C)n(-c2ccc(N3CCN(S(=O)(=O)/C=C/c4ccccc4)CC3)nn2)n1. The lowest BCUT2D eigenvalue weighted by Gasteiger charge is -2.33. The highest BCUT2D eigenvalue weighted by atomic mass is 32.2. The summed E-state index contributed by atoms with van der Waals surface area (Å²) in [5.41, 5.74) is 2.78. The van der Waals surface area contributed by atoms with E-state index in [1.807, 2.05) is 67.3 Å². The van der Waals surface area contributed by atoms with Gasteiger partial charge in [-0.05, 0) is 43.7 Å². The zero-order valence-corrected chi connectivity index (χ0v) is 17.8. The zero-order valence-electron chi connectivity index (χ0n) is 17.0. The van der Waals surface area contributed by atoms with Gasteiger partial charge in [0.1, 0.15) is 0 Å². The fourth-order valence-electron chi connectivity index (χ4n) is 3.45. The summed E-state index contributed by atoms with van der Waals surface area (Å²) in [4.78, 5) is 2.05. The van der Waals surface area contributed by atoms with Gasteiger partial charge >= 0.3 is 0 Å². The van der Waals surface area contributed by atoms with Crippen LogP contribution in [0.3, 0.4) is 0 Å². The Bertz CT molecular complexity index is 1130. The van der Waals surface area contributed by atoms with Crippen molar-refractivity contribution >= 4 is 21.9 Å². The van der Waals surface area contributed by atoms with Crippen molar-refractivity contribution < 1.29 is 8.42 Å². The van der Waals surface area contributed by atoms with Crippen LogP contribution in [-0.2, 0) is 10.0 Å². The number of aryl methyl sites for hydroxylation is 2. The van der Waals surface area contributed by atoms with Gasteiger partial charge in [-0.3, -0.25) is 0 Å². The Kier molecular flexibility index (Phi) is 5.65. The molecule has 8 nitrogen and oxygen atoms in total. The molecule has 0 bridgehead atoms. The molecule has 30 heavy (non-hydrogen) atoms. The molecule has 1 fully saturated rings. The fourth-order valence-corrected chi connectivity index (χ4v) is 4.62. The molecule has 156 valence electrons. The van der Waals surface area contributed by atoms with Crippen LogP contribution in [0.4, 0.5) is 5.82 Å². The molecule has 0 unspecified atom stereocenters. The third-order valence-corrected chi connectivity index (χ3v) is 6.58. The number of anilines is 1. The second kappa shape index (κ2) is 8.37. The lowest BCUT2D eigenvalue weighted by molar-refractivity contribution is 0.388. The van der Waals surface area contributed by atoms with Crippen molar-refractivity contribution in [1.82, 2.24) is 24.3 Å². The molecule has 0 aliphatic carbocycles. The first-order valence-corrected chi connectivity index (χ1v) is 11.3. The van der Waals surface area contributed by atoms with E-state index in [0.29, 0.717) is 32.0 Å². The largest absolute Gasteiger partial charge is 0.352 e. The Morgan fingerprint density at radius 1 is 0.900 bits per heavy atom. The van der Waals surface area contributed by atoms with Crippen molar-refractivity contribution in [2.75, 3.05) is 31.1 Å². The third-order valence-electron chi connectivity index (χ3n) is 5.02. The maximum Gasteiger partial charge on any atom is 0.236 e. The summed E-state index contributed by atoms with van der Waals surface area (Å²) in [6, 6.07) is 15.2. The average Bonchev–Trinajstić information content (AvgIpc) is 3.11. The van der Waals surface area contributed by atoms with Crippen LogP contribution in [0.25, 0.3) is 11.9 Å². The van der Waals surface area contributed by atoms with Gasteiger partial charge in [-0.15, -0.1) is 10.2 Å². The third kappa shape index (κ3) is 4.42. The van der Waals surface area contributed by atoms with E-state index in [1.165, 1.54) is 9.71 Å². The molecule has 0 amide bonds. The minimum atomic E-state index is -3.45. The Hall–Kier alpha value is -3.04. The van der Waals surface area contributed by atoms with Gasteiger partial charge in [-0.1, -0.05) is 30.3 Å². The molecule has 1 aliphatic rings. The Labute approximate surface area is 176 Å². The number of rotatable bonds is 5. The summed E-state index contributed by atoms with van der Waals surface area (Å²) < 4.78 is 28.5. The molecule has 2 aromatic heterocycles. The summed E-state index contributed by atoms with van der Waals surface area (Å²) in [7, 11) is -3.45. The quantitative estimate of drug-likeness (QED) is 0.625. The normalized spacial score (nSPS) is 15.7. The molecule has 0 radical (unpaired) electrons.